The number of carboxylic acids is 1. The van der Waals surface area contributed by atoms with E-state index in [1.54, 1.807) is 4.90 Å². The fourth-order valence-electron chi connectivity index (χ4n) is 5.36. The maximum absolute atomic E-state index is 13.2. The molecule has 0 saturated carbocycles. The number of aliphatic carboxylic acids is 1. The van der Waals surface area contributed by atoms with Gasteiger partial charge in [-0.2, -0.15) is 0 Å². The van der Waals surface area contributed by atoms with Gasteiger partial charge in [0.1, 0.15) is 5.75 Å². The fourth-order valence-corrected chi connectivity index (χ4v) is 5.36. The van der Waals surface area contributed by atoms with Crippen molar-refractivity contribution in [2.45, 2.75) is 84.8 Å². The third-order valence-electron chi connectivity index (χ3n) is 6.96. The molecule has 0 aromatic heterocycles. The lowest BCUT2D eigenvalue weighted by Crippen LogP contribution is -2.43. The Kier molecular flexibility index (Phi) is 8.12. The van der Waals surface area contributed by atoms with Crippen molar-refractivity contribution in [1.82, 2.24) is 5.32 Å². The first-order chi connectivity index (χ1) is 17.6. The number of anilines is 1. The summed E-state index contributed by atoms with van der Waals surface area (Å²) < 4.78 is 12.0. The van der Waals surface area contributed by atoms with Crippen LogP contribution in [-0.2, 0) is 22.4 Å². The van der Waals surface area contributed by atoms with E-state index in [4.69, 9.17) is 9.47 Å². The van der Waals surface area contributed by atoms with Crippen LogP contribution in [0.3, 0.4) is 0 Å². The topological polar surface area (TPSA) is 88.1 Å². The standard InChI is InChI=1S/C30H40N2O5/c1-6-7-14-31-29(35)32-15-8-11-22-23(32)17-19(2)25(26(22)27(28(33)34)37-30(3,4)5)21-12-13-24-20(18-21)10-9-16-36-24/h12-13,17-18,27H,6-11,14-16H2,1-5H3,(H,31,35)(H,33,34). The Morgan fingerprint density at radius 3 is 2.68 bits per heavy atom. The van der Waals surface area contributed by atoms with Gasteiger partial charge in [-0.15, -0.1) is 0 Å². The molecule has 0 fully saturated rings. The third kappa shape index (κ3) is 5.93. The Morgan fingerprint density at radius 2 is 1.97 bits per heavy atom. The number of carbonyl (C=O) groups is 2. The summed E-state index contributed by atoms with van der Waals surface area (Å²) in [6.07, 6.45) is 4.07. The van der Waals surface area contributed by atoms with E-state index in [1.807, 2.05) is 45.9 Å². The van der Waals surface area contributed by atoms with E-state index < -0.39 is 17.7 Å². The minimum Gasteiger partial charge on any atom is -0.493 e. The number of unbranched alkanes of at least 4 members (excludes halogenated alkanes) is 1. The molecule has 2 amide bonds. The Morgan fingerprint density at radius 1 is 1.19 bits per heavy atom. The molecule has 2 N–H and O–H groups in total. The van der Waals surface area contributed by atoms with Crippen molar-refractivity contribution in [1.29, 1.82) is 0 Å². The largest absolute Gasteiger partial charge is 0.493 e. The van der Waals surface area contributed by atoms with Crippen LogP contribution in [0, 0.1) is 6.92 Å². The maximum atomic E-state index is 13.2. The van der Waals surface area contributed by atoms with Crippen LogP contribution in [-0.4, -0.2) is 42.4 Å². The number of ether oxygens (including phenoxy) is 2. The monoisotopic (exact) mass is 508 g/mol. The molecule has 0 spiro atoms. The maximum Gasteiger partial charge on any atom is 0.337 e. The summed E-state index contributed by atoms with van der Waals surface area (Å²) in [5.74, 6) is -0.141. The number of nitrogens with zero attached hydrogens (tertiary/aromatic N) is 1. The van der Waals surface area contributed by atoms with E-state index in [9.17, 15) is 14.7 Å². The third-order valence-corrected chi connectivity index (χ3v) is 6.96. The summed E-state index contributed by atoms with van der Waals surface area (Å²) in [5, 5.41) is 13.5. The highest BCUT2D eigenvalue weighted by atomic mass is 16.5. The number of carbonyl (C=O) groups excluding carboxylic acids is 1. The molecular weight excluding hydrogens is 468 g/mol. The lowest BCUT2D eigenvalue weighted by Gasteiger charge is -2.35. The second-order valence-corrected chi connectivity index (χ2v) is 11.0. The van der Waals surface area contributed by atoms with E-state index in [-0.39, 0.29) is 6.03 Å². The van der Waals surface area contributed by atoms with Gasteiger partial charge >= 0.3 is 12.0 Å². The molecule has 2 aliphatic rings. The van der Waals surface area contributed by atoms with E-state index in [0.717, 1.165) is 71.4 Å². The van der Waals surface area contributed by atoms with Crippen molar-refractivity contribution < 1.29 is 24.2 Å². The van der Waals surface area contributed by atoms with Crippen LogP contribution in [0.5, 0.6) is 5.75 Å². The molecule has 7 nitrogen and oxygen atoms in total. The summed E-state index contributed by atoms with van der Waals surface area (Å²) in [7, 11) is 0. The number of nitrogens with one attached hydrogen (secondary N) is 1. The van der Waals surface area contributed by atoms with Crippen molar-refractivity contribution in [3.05, 3.63) is 46.5 Å². The zero-order valence-corrected chi connectivity index (χ0v) is 22.8. The molecular formula is C30H40N2O5. The van der Waals surface area contributed by atoms with Crippen LogP contribution in [0.15, 0.2) is 24.3 Å². The molecule has 0 bridgehead atoms. The van der Waals surface area contributed by atoms with Gasteiger partial charge in [-0.25, -0.2) is 9.59 Å². The summed E-state index contributed by atoms with van der Waals surface area (Å²) in [4.78, 5) is 27.7. The van der Waals surface area contributed by atoms with Gasteiger partial charge in [0.05, 0.1) is 12.2 Å². The first-order valence-corrected chi connectivity index (χ1v) is 13.5. The lowest BCUT2D eigenvalue weighted by molar-refractivity contribution is -0.160. The number of fused-ring (bicyclic) bond motifs is 2. The van der Waals surface area contributed by atoms with Crippen molar-refractivity contribution in [2.75, 3.05) is 24.6 Å². The summed E-state index contributed by atoms with van der Waals surface area (Å²) in [6.45, 7) is 11.6. The quantitative estimate of drug-likeness (QED) is 0.436. The molecule has 0 radical (unpaired) electrons. The van der Waals surface area contributed by atoms with Gasteiger partial charge in [-0.3, -0.25) is 4.90 Å². The zero-order chi connectivity index (χ0) is 26.7. The van der Waals surface area contributed by atoms with E-state index in [1.165, 1.54) is 0 Å². The van der Waals surface area contributed by atoms with E-state index >= 15 is 0 Å². The summed E-state index contributed by atoms with van der Waals surface area (Å²) >= 11 is 0. The van der Waals surface area contributed by atoms with Crippen molar-refractivity contribution >= 4 is 17.7 Å². The Labute approximate surface area is 220 Å². The highest BCUT2D eigenvalue weighted by Crippen LogP contribution is 2.45. The molecule has 2 heterocycles. The predicted octanol–water partition coefficient (Wildman–Crippen LogP) is 6.19. The molecule has 1 unspecified atom stereocenters. The number of carboxylic acid groups (broad SMARTS) is 1. The molecule has 0 saturated heterocycles. The van der Waals surface area contributed by atoms with Gasteiger partial charge in [0.25, 0.3) is 0 Å². The molecule has 200 valence electrons. The van der Waals surface area contributed by atoms with Crippen LogP contribution in [0.25, 0.3) is 11.1 Å². The minimum atomic E-state index is -1.17. The SMILES string of the molecule is CCCCNC(=O)N1CCCc2c1cc(C)c(-c1ccc3c(c1)CCCO3)c2C(OC(C)(C)C)C(=O)O. The van der Waals surface area contributed by atoms with Gasteiger partial charge in [0.2, 0.25) is 0 Å². The van der Waals surface area contributed by atoms with Crippen LogP contribution in [0.2, 0.25) is 0 Å². The van der Waals surface area contributed by atoms with Gasteiger partial charge in [-0.1, -0.05) is 19.4 Å². The second-order valence-electron chi connectivity index (χ2n) is 11.0. The number of aryl methyl sites for hydroxylation is 2. The average molecular weight is 509 g/mol. The van der Waals surface area contributed by atoms with Crippen LogP contribution in [0.4, 0.5) is 10.5 Å². The number of hydrogen-bond acceptors (Lipinski definition) is 4. The number of hydrogen-bond donors (Lipinski definition) is 2. The zero-order valence-electron chi connectivity index (χ0n) is 22.8. The van der Waals surface area contributed by atoms with Crippen molar-refractivity contribution in [3.8, 4) is 16.9 Å². The molecule has 1 atom stereocenters. The second kappa shape index (κ2) is 11.1. The number of rotatable bonds is 7. The number of amides is 2. The van der Waals surface area contributed by atoms with Gasteiger partial charge in [-0.05, 0) is 106 Å². The highest BCUT2D eigenvalue weighted by molar-refractivity contribution is 5.96. The molecule has 0 aliphatic carbocycles. The molecule has 37 heavy (non-hydrogen) atoms. The smallest absolute Gasteiger partial charge is 0.337 e. The van der Waals surface area contributed by atoms with Crippen LogP contribution >= 0.6 is 0 Å². The number of urea groups is 1. The normalized spacial score (nSPS) is 15.9. The molecule has 2 aromatic rings. The number of benzene rings is 2. The van der Waals surface area contributed by atoms with E-state index in [0.29, 0.717) is 31.7 Å². The summed E-state index contributed by atoms with van der Waals surface area (Å²) in [5.41, 5.74) is 5.51. The molecule has 7 heteroatoms. The Hall–Kier alpha value is -3.06. The summed E-state index contributed by atoms with van der Waals surface area (Å²) in [6, 6.07) is 8.03. The predicted molar refractivity (Wildman–Crippen MR) is 146 cm³/mol. The first kappa shape index (κ1) is 27.0. The molecule has 2 aliphatic heterocycles. The first-order valence-electron chi connectivity index (χ1n) is 13.5. The fraction of sp³-hybridized carbons (Fsp3) is 0.533. The highest BCUT2D eigenvalue weighted by Gasteiger charge is 2.36. The van der Waals surface area contributed by atoms with E-state index in [2.05, 4.69) is 18.3 Å². The van der Waals surface area contributed by atoms with Crippen molar-refractivity contribution in [3.63, 3.8) is 0 Å². The van der Waals surface area contributed by atoms with Crippen LogP contribution < -0.4 is 15.0 Å². The molecule has 4 rings (SSSR count). The molecule has 2 aromatic carbocycles. The van der Waals surface area contributed by atoms with Crippen LogP contribution in [0.1, 0.15) is 81.7 Å². The minimum absolute atomic E-state index is 0.137. The van der Waals surface area contributed by atoms with Gasteiger partial charge in [0.15, 0.2) is 6.10 Å². The van der Waals surface area contributed by atoms with Gasteiger partial charge < -0.3 is 19.9 Å². The Bertz CT molecular complexity index is 1170. The average Bonchev–Trinajstić information content (AvgIpc) is 2.85. The van der Waals surface area contributed by atoms with Crippen molar-refractivity contribution in [2.24, 2.45) is 0 Å². The lowest BCUT2D eigenvalue weighted by atomic mass is 9.83. The van der Waals surface area contributed by atoms with Gasteiger partial charge in [0, 0.05) is 24.3 Å². The Balaban J connectivity index is 1.91.